The summed E-state index contributed by atoms with van der Waals surface area (Å²) in [5.74, 6) is 1.44. The normalized spacial score (nSPS) is 12.8. The van der Waals surface area contributed by atoms with E-state index in [1.165, 1.54) is 5.56 Å². The lowest BCUT2D eigenvalue weighted by Crippen LogP contribution is -2.24. The number of rotatable bonds is 7. The second-order valence-corrected chi connectivity index (χ2v) is 6.39. The van der Waals surface area contributed by atoms with E-state index >= 15 is 0 Å². The molecule has 0 amide bonds. The molecule has 2 rings (SSSR count). The summed E-state index contributed by atoms with van der Waals surface area (Å²) in [6, 6.07) is 8.86. The maximum absolute atomic E-state index is 4.45. The zero-order valence-corrected chi connectivity index (χ0v) is 14.5. The number of halogens is 1. The molecule has 0 radical (unpaired) electrons. The van der Waals surface area contributed by atoms with Gasteiger partial charge in [-0.25, -0.2) is 9.67 Å². The first-order valence-corrected chi connectivity index (χ1v) is 8.25. The van der Waals surface area contributed by atoms with Gasteiger partial charge in [-0.1, -0.05) is 35.0 Å². The third-order valence-electron chi connectivity index (χ3n) is 3.53. The summed E-state index contributed by atoms with van der Waals surface area (Å²) in [4.78, 5) is 4.45. The van der Waals surface area contributed by atoms with E-state index in [-0.39, 0.29) is 0 Å². The number of hydrogen-bond acceptors (Lipinski definition) is 3. The molecular weight excluding hydrogens is 328 g/mol. The van der Waals surface area contributed by atoms with Crippen LogP contribution in [0.15, 0.2) is 35.1 Å². The molecule has 0 saturated carbocycles. The van der Waals surface area contributed by atoms with Crippen LogP contribution in [0.1, 0.15) is 44.1 Å². The van der Waals surface area contributed by atoms with E-state index in [1.807, 2.05) is 4.68 Å². The molecule has 1 heterocycles. The molecule has 0 saturated heterocycles. The Hall–Kier alpha value is -1.20. The van der Waals surface area contributed by atoms with E-state index < -0.39 is 0 Å². The Balaban J connectivity index is 2.22. The second kappa shape index (κ2) is 7.71. The van der Waals surface area contributed by atoms with Crippen LogP contribution >= 0.6 is 15.9 Å². The van der Waals surface area contributed by atoms with Crippen LogP contribution in [0.25, 0.3) is 0 Å². The van der Waals surface area contributed by atoms with Gasteiger partial charge in [0.1, 0.15) is 12.2 Å². The van der Waals surface area contributed by atoms with Crippen LogP contribution in [-0.4, -0.2) is 27.9 Å². The summed E-state index contributed by atoms with van der Waals surface area (Å²) in [5.41, 5.74) is 1.32. The van der Waals surface area contributed by atoms with Crippen LogP contribution in [0.3, 0.4) is 0 Å². The Morgan fingerprint density at radius 2 is 2.14 bits per heavy atom. The van der Waals surface area contributed by atoms with Crippen molar-refractivity contribution in [2.45, 2.75) is 39.2 Å². The topological polar surface area (TPSA) is 42.7 Å². The van der Waals surface area contributed by atoms with Crippen molar-refractivity contribution in [2.75, 3.05) is 13.1 Å². The average molecular weight is 351 g/mol. The molecule has 2 aromatic rings. The molecule has 1 atom stereocenters. The smallest absolute Gasteiger partial charge is 0.138 e. The maximum Gasteiger partial charge on any atom is 0.138 e. The molecule has 1 aromatic heterocycles. The molecule has 0 bridgehead atoms. The molecule has 5 heteroatoms. The van der Waals surface area contributed by atoms with Crippen molar-refractivity contribution < 1.29 is 0 Å². The van der Waals surface area contributed by atoms with E-state index in [9.17, 15) is 0 Å². The van der Waals surface area contributed by atoms with Crippen molar-refractivity contribution in [1.82, 2.24) is 20.1 Å². The predicted octanol–water partition coefficient (Wildman–Crippen LogP) is 3.56. The van der Waals surface area contributed by atoms with Crippen LogP contribution in [0, 0.1) is 0 Å². The largest absolute Gasteiger partial charge is 0.316 e. The average Bonchev–Trinajstić information content (AvgIpc) is 2.91. The second-order valence-electron chi connectivity index (χ2n) is 5.48. The molecule has 0 aliphatic carbocycles. The maximum atomic E-state index is 4.45. The molecular formula is C16H23BrN4. The Kier molecular flexibility index (Phi) is 5.94. The van der Waals surface area contributed by atoms with Gasteiger partial charge >= 0.3 is 0 Å². The first kappa shape index (κ1) is 16.2. The quantitative estimate of drug-likeness (QED) is 0.830. The summed E-state index contributed by atoms with van der Waals surface area (Å²) in [7, 11) is 0. The van der Waals surface area contributed by atoms with Gasteiger partial charge < -0.3 is 5.32 Å². The summed E-state index contributed by atoms with van der Waals surface area (Å²) in [6.45, 7) is 8.32. The van der Waals surface area contributed by atoms with Crippen molar-refractivity contribution >= 4 is 15.9 Å². The molecule has 0 aliphatic rings. The highest BCUT2D eigenvalue weighted by atomic mass is 79.9. The van der Waals surface area contributed by atoms with Gasteiger partial charge in [0, 0.05) is 29.4 Å². The summed E-state index contributed by atoms with van der Waals surface area (Å²) >= 11 is 3.56. The van der Waals surface area contributed by atoms with Crippen LogP contribution in [-0.2, 0) is 6.42 Å². The zero-order chi connectivity index (χ0) is 15.2. The van der Waals surface area contributed by atoms with E-state index in [2.05, 4.69) is 76.4 Å². The molecule has 0 spiro atoms. The first-order chi connectivity index (χ1) is 10.1. The van der Waals surface area contributed by atoms with Gasteiger partial charge in [-0.15, -0.1) is 0 Å². The van der Waals surface area contributed by atoms with Crippen LogP contribution in [0.5, 0.6) is 0 Å². The number of likely N-dealkylation sites (N-methyl/N-ethyl adjacent to an activating group) is 1. The van der Waals surface area contributed by atoms with Gasteiger partial charge in [0.15, 0.2) is 0 Å². The highest BCUT2D eigenvalue weighted by molar-refractivity contribution is 9.10. The van der Waals surface area contributed by atoms with Crippen molar-refractivity contribution in [3.05, 3.63) is 46.5 Å². The molecule has 0 fully saturated rings. The van der Waals surface area contributed by atoms with Gasteiger partial charge in [-0.2, -0.15) is 5.10 Å². The van der Waals surface area contributed by atoms with E-state index in [0.29, 0.717) is 12.0 Å². The van der Waals surface area contributed by atoms with Gasteiger partial charge in [0.25, 0.3) is 0 Å². The van der Waals surface area contributed by atoms with Gasteiger partial charge in [0.2, 0.25) is 0 Å². The fourth-order valence-corrected chi connectivity index (χ4v) is 2.88. The van der Waals surface area contributed by atoms with E-state index in [1.54, 1.807) is 6.33 Å². The predicted molar refractivity (Wildman–Crippen MR) is 89.5 cm³/mol. The van der Waals surface area contributed by atoms with Gasteiger partial charge in [0.05, 0.1) is 0 Å². The zero-order valence-electron chi connectivity index (χ0n) is 12.9. The lowest BCUT2D eigenvalue weighted by molar-refractivity contribution is 0.484. The summed E-state index contributed by atoms with van der Waals surface area (Å²) in [6.07, 6.45) is 2.54. The SMILES string of the molecule is CCNCC(Cc1ncnn1C(C)C)c1cccc(Br)c1. The van der Waals surface area contributed by atoms with Gasteiger partial charge in [-0.3, -0.25) is 0 Å². The van der Waals surface area contributed by atoms with Crippen molar-refractivity contribution in [2.24, 2.45) is 0 Å². The minimum Gasteiger partial charge on any atom is -0.316 e. The Bertz CT molecular complexity index is 565. The Morgan fingerprint density at radius 1 is 1.33 bits per heavy atom. The highest BCUT2D eigenvalue weighted by Gasteiger charge is 2.17. The number of aromatic nitrogens is 3. The summed E-state index contributed by atoms with van der Waals surface area (Å²) < 4.78 is 3.13. The molecule has 21 heavy (non-hydrogen) atoms. The molecule has 0 aliphatic heterocycles. The fourth-order valence-electron chi connectivity index (χ4n) is 2.46. The van der Waals surface area contributed by atoms with Gasteiger partial charge in [-0.05, 0) is 38.1 Å². The van der Waals surface area contributed by atoms with Crippen molar-refractivity contribution in [3.8, 4) is 0 Å². The van der Waals surface area contributed by atoms with Crippen LogP contribution < -0.4 is 5.32 Å². The fraction of sp³-hybridized carbons (Fsp3) is 0.500. The molecule has 4 nitrogen and oxygen atoms in total. The third-order valence-corrected chi connectivity index (χ3v) is 4.02. The van der Waals surface area contributed by atoms with E-state index in [4.69, 9.17) is 0 Å². The number of nitrogens with one attached hydrogen (secondary N) is 1. The Morgan fingerprint density at radius 3 is 2.81 bits per heavy atom. The highest BCUT2D eigenvalue weighted by Crippen LogP contribution is 2.23. The molecule has 1 N–H and O–H groups in total. The monoisotopic (exact) mass is 350 g/mol. The minimum atomic E-state index is 0.338. The number of nitrogens with zero attached hydrogens (tertiary/aromatic N) is 3. The molecule has 1 unspecified atom stereocenters. The van der Waals surface area contributed by atoms with Crippen molar-refractivity contribution in [3.63, 3.8) is 0 Å². The lowest BCUT2D eigenvalue weighted by atomic mass is 9.95. The third kappa shape index (κ3) is 4.38. The Labute approximate surface area is 135 Å². The number of benzene rings is 1. The lowest BCUT2D eigenvalue weighted by Gasteiger charge is -2.19. The minimum absolute atomic E-state index is 0.338. The van der Waals surface area contributed by atoms with Crippen molar-refractivity contribution in [1.29, 1.82) is 0 Å². The standard InChI is InChI=1S/C16H23BrN4/c1-4-18-10-14(13-6-5-7-15(17)8-13)9-16-19-11-20-21(16)12(2)3/h5-8,11-12,14,18H,4,9-10H2,1-3H3. The molecule has 114 valence electrons. The summed E-state index contributed by atoms with van der Waals surface area (Å²) in [5, 5.41) is 7.79. The number of hydrogen-bond donors (Lipinski definition) is 1. The van der Waals surface area contributed by atoms with Crippen LogP contribution in [0.4, 0.5) is 0 Å². The van der Waals surface area contributed by atoms with E-state index in [0.717, 1.165) is 29.8 Å². The molecule has 1 aromatic carbocycles. The van der Waals surface area contributed by atoms with Crippen LogP contribution in [0.2, 0.25) is 0 Å². The first-order valence-electron chi connectivity index (χ1n) is 7.46.